The maximum atomic E-state index is 3.77. The highest BCUT2D eigenvalue weighted by Gasteiger charge is 2.29. The third-order valence-electron chi connectivity index (χ3n) is 4.75. The molecule has 0 saturated heterocycles. The number of hydrogen-bond acceptors (Lipinski definition) is 1. The average Bonchev–Trinajstić information content (AvgIpc) is 2.86. The van der Waals surface area contributed by atoms with Crippen LogP contribution < -0.4 is 5.32 Å². The molecule has 1 N–H and O–H groups in total. The Hall–Kier alpha value is -0.820. The number of fused-ring (bicyclic) bond motifs is 1. The molecule has 0 spiro atoms. The van der Waals surface area contributed by atoms with Crippen LogP contribution >= 0.6 is 0 Å². The van der Waals surface area contributed by atoms with Crippen LogP contribution in [0.15, 0.2) is 18.2 Å². The number of aryl methyl sites for hydroxylation is 2. The van der Waals surface area contributed by atoms with Gasteiger partial charge in [0.2, 0.25) is 0 Å². The summed E-state index contributed by atoms with van der Waals surface area (Å²) in [6.45, 7) is 10.4. The van der Waals surface area contributed by atoms with E-state index in [0.29, 0.717) is 11.5 Å². The first kappa shape index (κ1) is 14.6. The molecule has 0 aliphatic heterocycles. The second-order valence-corrected chi connectivity index (χ2v) is 6.61. The van der Waals surface area contributed by atoms with Crippen molar-refractivity contribution in [3.05, 3.63) is 34.9 Å². The Morgan fingerprint density at radius 2 is 1.89 bits per heavy atom. The Kier molecular flexibility index (Phi) is 4.67. The molecule has 0 heterocycles. The van der Waals surface area contributed by atoms with E-state index in [0.717, 1.165) is 6.54 Å². The Morgan fingerprint density at radius 3 is 2.58 bits per heavy atom. The number of nitrogens with one attached hydrogen (secondary N) is 1. The highest BCUT2D eigenvalue weighted by atomic mass is 14.9. The van der Waals surface area contributed by atoms with Gasteiger partial charge in [0.25, 0.3) is 0 Å². The van der Waals surface area contributed by atoms with Gasteiger partial charge in [0.15, 0.2) is 0 Å². The van der Waals surface area contributed by atoms with Crippen LogP contribution in [0.2, 0.25) is 0 Å². The van der Waals surface area contributed by atoms with Crippen LogP contribution in [0.4, 0.5) is 0 Å². The number of benzene rings is 1. The fourth-order valence-corrected chi connectivity index (χ4v) is 3.11. The highest BCUT2D eigenvalue weighted by Crippen LogP contribution is 2.37. The fourth-order valence-electron chi connectivity index (χ4n) is 3.11. The monoisotopic (exact) mass is 259 g/mol. The van der Waals surface area contributed by atoms with E-state index in [4.69, 9.17) is 0 Å². The molecule has 1 aliphatic carbocycles. The van der Waals surface area contributed by atoms with E-state index < -0.39 is 0 Å². The van der Waals surface area contributed by atoms with Gasteiger partial charge in [-0.2, -0.15) is 0 Å². The molecule has 1 unspecified atom stereocenters. The van der Waals surface area contributed by atoms with E-state index in [1.807, 2.05) is 0 Å². The third kappa shape index (κ3) is 3.20. The van der Waals surface area contributed by atoms with Crippen molar-refractivity contribution >= 4 is 0 Å². The minimum Gasteiger partial charge on any atom is -0.309 e. The molecule has 2 rings (SSSR count). The average molecular weight is 259 g/mol. The van der Waals surface area contributed by atoms with Gasteiger partial charge in [-0.05, 0) is 60.8 Å². The minimum absolute atomic E-state index is 0.308. The van der Waals surface area contributed by atoms with Gasteiger partial charge >= 0.3 is 0 Å². The van der Waals surface area contributed by atoms with Gasteiger partial charge in [0.05, 0.1) is 0 Å². The zero-order valence-electron chi connectivity index (χ0n) is 13.1. The second kappa shape index (κ2) is 6.09. The maximum absolute atomic E-state index is 3.77. The summed E-state index contributed by atoms with van der Waals surface area (Å²) in [6, 6.07) is 7.66. The lowest BCUT2D eigenvalue weighted by atomic mass is 9.78. The molecule has 1 nitrogen and oxygen atoms in total. The van der Waals surface area contributed by atoms with Crippen molar-refractivity contribution in [3.8, 4) is 0 Å². The fraction of sp³-hybridized carbons (Fsp3) is 0.667. The van der Waals surface area contributed by atoms with Crippen molar-refractivity contribution < 1.29 is 0 Å². The van der Waals surface area contributed by atoms with Gasteiger partial charge in [-0.15, -0.1) is 0 Å². The smallest absolute Gasteiger partial charge is 0.0371 e. The van der Waals surface area contributed by atoms with Crippen LogP contribution in [0, 0.1) is 5.41 Å². The molecule has 106 valence electrons. The van der Waals surface area contributed by atoms with E-state index in [-0.39, 0.29) is 0 Å². The lowest BCUT2D eigenvalue weighted by Gasteiger charge is -2.35. The summed E-state index contributed by atoms with van der Waals surface area (Å²) in [5.74, 6) is 0. The largest absolute Gasteiger partial charge is 0.309 e. The van der Waals surface area contributed by atoms with Gasteiger partial charge in [0, 0.05) is 6.04 Å². The predicted octanol–water partition coefficient (Wildman–Crippen LogP) is 4.65. The van der Waals surface area contributed by atoms with Crippen molar-refractivity contribution in [1.29, 1.82) is 0 Å². The molecule has 1 heteroatoms. The minimum atomic E-state index is 0.308. The number of hydrogen-bond donors (Lipinski definition) is 1. The van der Waals surface area contributed by atoms with Crippen molar-refractivity contribution in [1.82, 2.24) is 5.32 Å². The molecule has 0 amide bonds. The van der Waals surface area contributed by atoms with Crippen LogP contribution in [0.25, 0.3) is 0 Å². The summed E-state index contributed by atoms with van der Waals surface area (Å²) in [5, 5.41) is 3.77. The van der Waals surface area contributed by atoms with Crippen LogP contribution in [0.3, 0.4) is 0 Å². The van der Waals surface area contributed by atoms with Crippen LogP contribution in [0.5, 0.6) is 0 Å². The normalized spacial score (nSPS) is 16.4. The van der Waals surface area contributed by atoms with Crippen molar-refractivity contribution in [2.45, 2.75) is 65.8 Å². The Bertz CT molecular complexity index is 420. The van der Waals surface area contributed by atoms with Gasteiger partial charge < -0.3 is 5.32 Å². The number of rotatable bonds is 6. The molecule has 0 saturated carbocycles. The summed E-state index contributed by atoms with van der Waals surface area (Å²) in [7, 11) is 0. The summed E-state index contributed by atoms with van der Waals surface area (Å²) in [6.07, 6.45) is 6.28. The molecule has 1 aromatic rings. The van der Waals surface area contributed by atoms with Crippen molar-refractivity contribution in [2.24, 2.45) is 5.41 Å². The zero-order chi connectivity index (χ0) is 13.9. The molecule has 0 aromatic heterocycles. The molecule has 0 bridgehead atoms. The SMILES string of the molecule is CCCNC(c1ccc2c(c1)CCC2)C(C)(C)CC. The molecular formula is C18H29N. The van der Waals surface area contributed by atoms with Gasteiger partial charge in [-0.25, -0.2) is 0 Å². The third-order valence-corrected chi connectivity index (χ3v) is 4.75. The van der Waals surface area contributed by atoms with Crippen LogP contribution in [0.1, 0.15) is 69.7 Å². The van der Waals surface area contributed by atoms with E-state index in [9.17, 15) is 0 Å². The summed E-state index contributed by atoms with van der Waals surface area (Å²) in [4.78, 5) is 0. The zero-order valence-corrected chi connectivity index (χ0v) is 13.1. The highest BCUT2D eigenvalue weighted by molar-refractivity contribution is 5.37. The van der Waals surface area contributed by atoms with E-state index in [1.54, 1.807) is 11.1 Å². The lowest BCUT2D eigenvalue weighted by Crippen LogP contribution is -2.34. The quantitative estimate of drug-likeness (QED) is 0.784. The topological polar surface area (TPSA) is 12.0 Å². The predicted molar refractivity (Wildman–Crippen MR) is 83.6 cm³/mol. The first-order chi connectivity index (χ1) is 9.08. The molecule has 1 atom stereocenters. The van der Waals surface area contributed by atoms with Gasteiger partial charge in [-0.1, -0.05) is 45.9 Å². The Morgan fingerprint density at radius 1 is 1.16 bits per heavy atom. The molecule has 1 aromatic carbocycles. The summed E-state index contributed by atoms with van der Waals surface area (Å²) in [5.41, 5.74) is 4.96. The summed E-state index contributed by atoms with van der Waals surface area (Å²) < 4.78 is 0. The van der Waals surface area contributed by atoms with Crippen LogP contribution in [-0.4, -0.2) is 6.54 Å². The van der Waals surface area contributed by atoms with E-state index in [2.05, 4.69) is 51.2 Å². The van der Waals surface area contributed by atoms with E-state index >= 15 is 0 Å². The molecule has 1 aliphatic rings. The second-order valence-electron chi connectivity index (χ2n) is 6.61. The summed E-state index contributed by atoms with van der Waals surface area (Å²) >= 11 is 0. The molecule has 19 heavy (non-hydrogen) atoms. The molecule has 0 fully saturated rings. The Balaban J connectivity index is 2.27. The van der Waals surface area contributed by atoms with Gasteiger partial charge in [0.1, 0.15) is 0 Å². The molecule has 0 radical (unpaired) electrons. The first-order valence-electron chi connectivity index (χ1n) is 7.93. The van der Waals surface area contributed by atoms with Gasteiger partial charge in [-0.3, -0.25) is 0 Å². The standard InChI is InChI=1S/C18H29N/c1-5-12-19-17(18(3,4)6-2)16-11-10-14-8-7-9-15(14)13-16/h10-11,13,17,19H,5-9,12H2,1-4H3. The van der Waals surface area contributed by atoms with Crippen LogP contribution in [-0.2, 0) is 12.8 Å². The lowest BCUT2D eigenvalue weighted by molar-refractivity contribution is 0.234. The van der Waals surface area contributed by atoms with Crippen molar-refractivity contribution in [2.75, 3.05) is 6.54 Å². The maximum Gasteiger partial charge on any atom is 0.0371 e. The van der Waals surface area contributed by atoms with Crippen molar-refractivity contribution in [3.63, 3.8) is 0 Å². The molecular weight excluding hydrogens is 230 g/mol. The Labute approximate surface area is 118 Å². The first-order valence-corrected chi connectivity index (χ1v) is 7.93. The van der Waals surface area contributed by atoms with E-state index in [1.165, 1.54) is 37.7 Å².